The first-order chi connectivity index (χ1) is 11.1. The van der Waals surface area contributed by atoms with Crippen LogP contribution in [0.15, 0.2) is 13.2 Å². The van der Waals surface area contributed by atoms with E-state index in [1.807, 2.05) is 0 Å². The third kappa shape index (κ3) is 6.63. The lowest BCUT2D eigenvalue weighted by Crippen LogP contribution is -2.34. The van der Waals surface area contributed by atoms with Crippen LogP contribution in [0.3, 0.4) is 0 Å². The second-order valence-corrected chi connectivity index (χ2v) is 8.74. The fraction of sp³-hybridized carbons (Fsp3) is 0.913. The van der Waals surface area contributed by atoms with Gasteiger partial charge in [-0.15, -0.1) is 13.2 Å². The van der Waals surface area contributed by atoms with Crippen LogP contribution in [-0.2, 0) is 0 Å². The van der Waals surface area contributed by atoms with E-state index >= 15 is 0 Å². The minimum atomic E-state index is 1.02. The molecule has 0 aromatic rings. The molecule has 3 aliphatic rings. The van der Waals surface area contributed by atoms with Crippen molar-refractivity contribution in [2.24, 2.45) is 35.5 Å². The molecule has 3 saturated carbocycles. The van der Waals surface area contributed by atoms with Crippen LogP contribution in [0, 0.1) is 35.5 Å². The van der Waals surface area contributed by atoms with Crippen molar-refractivity contribution >= 4 is 0 Å². The number of hydrogen-bond acceptors (Lipinski definition) is 0. The van der Waals surface area contributed by atoms with Crippen molar-refractivity contribution in [2.45, 2.75) is 98.3 Å². The molecule has 0 radical (unpaired) electrons. The summed E-state index contributed by atoms with van der Waals surface area (Å²) in [6, 6.07) is 0. The average Bonchev–Trinajstić information content (AvgIpc) is 2.58. The highest BCUT2D eigenvalue weighted by Gasteiger charge is 2.37. The maximum absolute atomic E-state index is 3.00. The molecule has 23 heavy (non-hydrogen) atoms. The molecule has 4 atom stereocenters. The average molecular weight is 321 g/mol. The van der Waals surface area contributed by atoms with E-state index in [1.54, 1.807) is 44.9 Å². The van der Waals surface area contributed by atoms with E-state index < -0.39 is 0 Å². The van der Waals surface area contributed by atoms with Crippen LogP contribution in [0.2, 0.25) is 0 Å². The summed E-state index contributed by atoms with van der Waals surface area (Å²) in [4.78, 5) is 0. The van der Waals surface area contributed by atoms with Crippen LogP contribution in [0.25, 0.3) is 0 Å². The summed E-state index contributed by atoms with van der Waals surface area (Å²) in [5.41, 5.74) is 0. The van der Waals surface area contributed by atoms with Crippen molar-refractivity contribution in [1.29, 1.82) is 0 Å². The largest absolute Gasteiger partial charge is 0.106 e. The van der Waals surface area contributed by atoms with Gasteiger partial charge in [-0.05, 0) is 80.5 Å². The summed E-state index contributed by atoms with van der Waals surface area (Å²) < 4.78 is 0. The summed E-state index contributed by atoms with van der Waals surface area (Å²) in [5.74, 6) is 6.52. The Morgan fingerprint density at radius 3 is 1.48 bits per heavy atom. The molecule has 0 spiro atoms. The van der Waals surface area contributed by atoms with Gasteiger partial charge in [-0.1, -0.05) is 53.4 Å². The zero-order valence-electron chi connectivity index (χ0n) is 16.7. The molecule has 0 aromatic heterocycles. The van der Waals surface area contributed by atoms with Crippen LogP contribution in [-0.4, -0.2) is 0 Å². The molecule has 0 saturated heterocycles. The smallest absolute Gasteiger partial charge is 0.0383 e. The zero-order valence-corrected chi connectivity index (χ0v) is 16.7. The van der Waals surface area contributed by atoms with Crippen LogP contribution in [0.5, 0.6) is 0 Å². The predicted molar refractivity (Wildman–Crippen MR) is 106 cm³/mol. The monoisotopic (exact) mass is 320 g/mol. The summed E-state index contributed by atoms with van der Waals surface area (Å²) in [7, 11) is 0. The number of rotatable bonds is 1. The fourth-order valence-electron chi connectivity index (χ4n) is 5.35. The van der Waals surface area contributed by atoms with E-state index in [0.29, 0.717) is 0 Å². The molecular formula is C23H44. The molecule has 0 heterocycles. The van der Waals surface area contributed by atoms with Gasteiger partial charge in [0.15, 0.2) is 0 Å². The van der Waals surface area contributed by atoms with Crippen molar-refractivity contribution in [3.8, 4) is 0 Å². The Balaban J connectivity index is 0.000000477. The standard InChI is InChI=1S/C18H32.C3H8.C2H4/c1-13-3-6-15(7-4-13)17-10-9-16-11-14(2)5-8-18(16)12-17;1-3-2;1-2/h13-18H,3-12H2,1-2H3;3H2,1-2H3;1-2H2. The van der Waals surface area contributed by atoms with Gasteiger partial charge >= 0.3 is 0 Å². The molecular weight excluding hydrogens is 276 g/mol. The highest BCUT2D eigenvalue weighted by Crippen LogP contribution is 2.48. The van der Waals surface area contributed by atoms with E-state index in [2.05, 4.69) is 40.9 Å². The van der Waals surface area contributed by atoms with Crippen LogP contribution in [0.4, 0.5) is 0 Å². The maximum atomic E-state index is 3.00. The Morgan fingerprint density at radius 2 is 0.913 bits per heavy atom. The van der Waals surface area contributed by atoms with Gasteiger partial charge in [0.2, 0.25) is 0 Å². The van der Waals surface area contributed by atoms with Crippen molar-refractivity contribution in [2.75, 3.05) is 0 Å². The first kappa shape index (κ1) is 20.8. The molecule has 136 valence electrons. The van der Waals surface area contributed by atoms with Crippen molar-refractivity contribution < 1.29 is 0 Å². The molecule has 4 unspecified atom stereocenters. The van der Waals surface area contributed by atoms with Crippen molar-refractivity contribution in [1.82, 2.24) is 0 Å². The van der Waals surface area contributed by atoms with Gasteiger partial charge in [-0.3, -0.25) is 0 Å². The third-order valence-electron chi connectivity index (χ3n) is 6.64. The molecule has 0 aliphatic heterocycles. The molecule has 0 bridgehead atoms. The molecule has 3 fully saturated rings. The fourth-order valence-corrected chi connectivity index (χ4v) is 5.35. The van der Waals surface area contributed by atoms with Gasteiger partial charge in [-0.25, -0.2) is 0 Å². The Kier molecular flexibility index (Phi) is 10.2. The topological polar surface area (TPSA) is 0 Å². The Bertz CT molecular complexity index is 284. The van der Waals surface area contributed by atoms with Gasteiger partial charge in [0.1, 0.15) is 0 Å². The van der Waals surface area contributed by atoms with Crippen LogP contribution in [0.1, 0.15) is 98.3 Å². The number of hydrogen-bond donors (Lipinski definition) is 0. The van der Waals surface area contributed by atoms with Crippen molar-refractivity contribution in [3.63, 3.8) is 0 Å². The van der Waals surface area contributed by atoms with Crippen LogP contribution < -0.4 is 0 Å². The molecule has 0 nitrogen and oxygen atoms in total. The SMILES string of the molecule is C=C.CC1CCC(C2CCC3CC(C)CCC3C2)CC1.CCC. The molecule has 0 aromatic carbocycles. The van der Waals surface area contributed by atoms with Crippen molar-refractivity contribution in [3.05, 3.63) is 13.2 Å². The van der Waals surface area contributed by atoms with E-state index in [0.717, 1.165) is 35.5 Å². The normalized spacial score (nSPS) is 39.8. The summed E-state index contributed by atoms with van der Waals surface area (Å²) in [5, 5.41) is 0. The first-order valence-corrected chi connectivity index (χ1v) is 10.6. The lowest BCUT2D eigenvalue weighted by molar-refractivity contribution is 0.0646. The van der Waals surface area contributed by atoms with Gasteiger partial charge in [0.05, 0.1) is 0 Å². The lowest BCUT2D eigenvalue weighted by atomic mass is 9.61. The van der Waals surface area contributed by atoms with Gasteiger partial charge in [0, 0.05) is 0 Å². The van der Waals surface area contributed by atoms with Gasteiger partial charge in [-0.2, -0.15) is 0 Å². The molecule has 3 rings (SSSR count). The van der Waals surface area contributed by atoms with E-state index in [-0.39, 0.29) is 0 Å². The van der Waals surface area contributed by atoms with E-state index in [9.17, 15) is 0 Å². The molecule has 0 N–H and O–H groups in total. The second-order valence-electron chi connectivity index (χ2n) is 8.74. The Hall–Kier alpha value is -0.260. The Labute approximate surface area is 147 Å². The van der Waals surface area contributed by atoms with Gasteiger partial charge in [0.25, 0.3) is 0 Å². The number of fused-ring (bicyclic) bond motifs is 1. The summed E-state index contributed by atoms with van der Waals surface area (Å²) in [6.45, 7) is 15.2. The van der Waals surface area contributed by atoms with Gasteiger partial charge < -0.3 is 0 Å². The Morgan fingerprint density at radius 1 is 0.565 bits per heavy atom. The first-order valence-electron chi connectivity index (χ1n) is 10.6. The summed E-state index contributed by atoms with van der Waals surface area (Å²) in [6.07, 6.45) is 16.8. The molecule has 0 heteroatoms. The third-order valence-corrected chi connectivity index (χ3v) is 6.64. The zero-order chi connectivity index (χ0) is 17.2. The minimum absolute atomic E-state index is 1.02. The van der Waals surface area contributed by atoms with E-state index in [4.69, 9.17) is 0 Å². The van der Waals surface area contributed by atoms with E-state index in [1.165, 1.54) is 25.7 Å². The molecule has 3 aliphatic carbocycles. The second kappa shape index (κ2) is 11.3. The van der Waals surface area contributed by atoms with Crippen LogP contribution >= 0.6 is 0 Å². The predicted octanol–water partition coefficient (Wildman–Crippen LogP) is 7.88. The minimum Gasteiger partial charge on any atom is -0.106 e. The quantitative estimate of drug-likeness (QED) is 0.431. The maximum Gasteiger partial charge on any atom is -0.0383 e. The highest BCUT2D eigenvalue weighted by atomic mass is 14.4. The summed E-state index contributed by atoms with van der Waals surface area (Å²) >= 11 is 0. The molecule has 0 amide bonds. The highest BCUT2D eigenvalue weighted by molar-refractivity contribution is 4.88. The lowest BCUT2D eigenvalue weighted by Gasteiger charge is -2.44.